The molecule has 0 aliphatic carbocycles. The van der Waals surface area contributed by atoms with E-state index in [1.165, 1.54) is 0 Å². The molecule has 1 aromatic heterocycles. The predicted molar refractivity (Wildman–Crippen MR) is 57.0 cm³/mol. The number of rotatable bonds is 4. The Morgan fingerprint density at radius 3 is 3.00 bits per heavy atom. The largest absolute Gasteiger partial charge is 0.467 e. The Morgan fingerprint density at radius 1 is 1.64 bits per heavy atom. The lowest BCUT2D eigenvalue weighted by Crippen LogP contribution is -2.33. The third-order valence-electron chi connectivity index (χ3n) is 1.86. The van der Waals surface area contributed by atoms with Crippen LogP contribution in [0.15, 0.2) is 27.8 Å². The van der Waals surface area contributed by atoms with Crippen molar-refractivity contribution >= 4 is 5.96 Å². The van der Waals surface area contributed by atoms with Gasteiger partial charge in [0.05, 0.1) is 12.8 Å². The van der Waals surface area contributed by atoms with Crippen LogP contribution in [0.4, 0.5) is 0 Å². The van der Waals surface area contributed by atoms with E-state index < -0.39 is 0 Å². The molecule has 1 rings (SSSR count). The normalized spacial score (nSPS) is 11.7. The minimum Gasteiger partial charge on any atom is -0.467 e. The third kappa shape index (κ3) is 3.12. The fraction of sp³-hybridized carbons (Fsp3) is 0.500. The van der Waals surface area contributed by atoms with Crippen LogP contribution >= 0.6 is 0 Å². The number of nitrogens with two attached hydrogens (primary N) is 1. The van der Waals surface area contributed by atoms with Crippen LogP contribution in [0.3, 0.4) is 0 Å². The lowest BCUT2D eigenvalue weighted by molar-refractivity contribution is 0.406. The molecule has 1 heterocycles. The van der Waals surface area contributed by atoms with Crippen molar-refractivity contribution in [2.75, 3.05) is 13.6 Å². The molecule has 0 aromatic carbocycles. The molecule has 1 aromatic rings. The van der Waals surface area contributed by atoms with Crippen LogP contribution in [0.1, 0.15) is 19.1 Å². The molecule has 0 aliphatic heterocycles. The molecule has 14 heavy (non-hydrogen) atoms. The molecule has 2 N–H and O–H groups in total. The second-order valence-electron chi connectivity index (χ2n) is 3.18. The van der Waals surface area contributed by atoms with Crippen molar-refractivity contribution in [1.29, 1.82) is 0 Å². The van der Waals surface area contributed by atoms with E-state index in [1.54, 1.807) is 6.26 Å². The van der Waals surface area contributed by atoms with Crippen molar-refractivity contribution in [3.8, 4) is 0 Å². The van der Waals surface area contributed by atoms with Gasteiger partial charge in [-0.05, 0) is 18.6 Å². The number of hydrogen-bond acceptors (Lipinski definition) is 2. The number of furan rings is 1. The molecule has 4 nitrogen and oxygen atoms in total. The number of guanidine groups is 1. The Kier molecular flexibility index (Phi) is 4.04. The zero-order chi connectivity index (χ0) is 10.4. The average molecular weight is 195 g/mol. The monoisotopic (exact) mass is 195 g/mol. The average Bonchev–Trinajstić information content (AvgIpc) is 2.66. The Hall–Kier alpha value is -1.45. The Bertz CT molecular complexity index is 280. The maximum absolute atomic E-state index is 5.75. The second kappa shape index (κ2) is 5.32. The highest BCUT2D eigenvalue weighted by molar-refractivity contribution is 5.77. The van der Waals surface area contributed by atoms with Gasteiger partial charge < -0.3 is 15.1 Å². The molecule has 0 saturated carbocycles. The van der Waals surface area contributed by atoms with E-state index in [2.05, 4.69) is 11.9 Å². The first kappa shape index (κ1) is 10.6. The van der Waals surface area contributed by atoms with E-state index in [-0.39, 0.29) is 0 Å². The van der Waals surface area contributed by atoms with Crippen molar-refractivity contribution in [2.24, 2.45) is 10.7 Å². The van der Waals surface area contributed by atoms with Gasteiger partial charge >= 0.3 is 0 Å². The van der Waals surface area contributed by atoms with Crippen molar-refractivity contribution in [1.82, 2.24) is 4.90 Å². The first-order valence-electron chi connectivity index (χ1n) is 4.77. The Morgan fingerprint density at radius 2 is 2.43 bits per heavy atom. The van der Waals surface area contributed by atoms with Crippen LogP contribution in [0.2, 0.25) is 0 Å². The van der Waals surface area contributed by atoms with Crippen LogP contribution in [0.25, 0.3) is 0 Å². The number of hydrogen-bond donors (Lipinski definition) is 1. The molecule has 0 aliphatic rings. The third-order valence-corrected chi connectivity index (χ3v) is 1.86. The Balaban J connectivity index is 2.45. The van der Waals surface area contributed by atoms with Crippen molar-refractivity contribution < 1.29 is 4.42 Å². The molecule has 0 unspecified atom stereocenters. The van der Waals surface area contributed by atoms with E-state index in [4.69, 9.17) is 10.2 Å². The van der Waals surface area contributed by atoms with E-state index in [0.29, 0.717) is 12.5 Å². The van der Waals surface area contributed by atoms with Gasteiger partial charge in [0.25, 0.3) is 0 Å². The summed E-state index contributed by atoms with van der Waals surface area (Å²) in [6.07, 6.45) is 2.66. The van der Waals surface area contributed by atoms with Crippen LogP contribution in [0, 0.1) is 0 Å². The minimum absolute atomic E-state index is 0.559. The lowest BCUT2D eigenvalue weighted by atomic mass is 10.4. The van der Waals surface area contributed by atoms with Crippen molar-refractivity contribution in [3.05, 3.63) is 24.2 Å². The van der Waals surface area contributed by atoms with Gasteiger partial charge in [-0.2, -0.15) is 0 Å². The first-order chi connectivity index (χ1) is 6.74. The van der Waals surface area contributed by atoms with Crippen molar-refractivity contribution in [2.45, 2.75) is 19.9 Å². The summed E-state index contributed by atoms with van der Waals surface area (Å²) in [7, 11) is 1.90. The van der Waals surface area contributed by atoms with E-state index in [1.807, 2.05) is 24.1 Å². The molecule has 0 radical (unpaired) electrons. The molecule has 4 heteroatoms. The zero-order valence-corrected chi connectivity index (χ0v) is 8.73. The molecule has 0 fully saturated rings. The summed E-state index contributed by atoms with van der Waals surface area (Å²) in [4.78, 5) is 6.07. The maximum Gasteiger partial charge on any atom is 0.191 e. The summed E-state index contributed by atoms with van der Waals surface area (Å²) in [6.45, 7) is 3.50. The Labute approximate surface area is 84.4 Å². The molecular weight excluding hydrogens is 178 g/mol. The van der Waals surface area contributed by atoms with Crippen molar-refractivity contribution in [3.63, 3.8) is 0 Å². The molecule has 0 saturated heterocycles. The standard InChI is InChI=1S/C10H17N3O/c1-3-6-12-10(11)13(2)8-9-5-4-7-14-9/h4-5,7H,3,6,8H2,1-2H3,(H2,11,12). The highest BCUT2D eigenvalue weighted by Gasteiger charge is 2.03. The van der Waals surface area contributed by atoms with Gasteiger partial charge in [0.2, 0.25) is 0 Å². The molecule has 78 valence electrons. The minimum atomic E-state index is 0.559. The fourth-order valence-corrected chi connectivity index (χ4v) is 1.06. The van der Waals surface area contributed by atoms with E-state index in [0.717, 1.165) is 18.7 Å². The van der Waals surface area contributed by atoms with Crippen LogP contribution < -0.4 is 5.73 Å². The van der Waals surface area contributed by atoms with Gasteiger partial charge in [-0.1, -0.05) is 6.92 Å². The predicted octanol–water partition coefficient (Wildman–Crippen LogP) is 1.44. The molecule has 0 atom stereocenters. The molecule has 0 bridgehead atoms. The van der Waals surface area contributed by atoms with Gasteiger partial charge in [0.15, 0.2) is 5.96 Å². The van der Waals surface area contributed by atoms with E-state index in [9.17, 15) is 0 Å². The summed E-state index contributed by atoms with van der Waals surface area (Å²) in [5.74, 6) is 1.45. The van der Waals surface area contributed by atoms with Crippen LogP contribution in [-0.4, -0.2) is 24.5 Å². The fourth-order valence-electron chi connectivity index (χ4n) is 1.06. The smallest absolute Gasteiger partial charge is 0.191 e. The highest BCUT2D eigenvalue weighted by atomic mass is 16.3. The topological polar surface area (TPSA) is 54.8 Å². The SMILES string of the molecule is CCCN=C(N)N(C)Cc1ccco1. The molecular formula is C10H17N3O. The van der Waals surface area contributed by atoms with Gasteiger partial charge in [-0.3, -0.25) is 4.99 Å². The molecule has 0 spiro atoms. The number of nitrogens with zero attached hydrogens (tertiary/aromatic N) is 2. The summed E-state index contributed by atoms with van der Waals surface area (Å²) in [6, 6.07) is 3.78. The van der Waals surface area contributed by atoms with Crippen LogP contribution in [0.5, 0.6) is 0 Å². The summed E-state index contributed by atoms with van der Waals surface area (Å²) in [5, 5.41) is 0. The van der Waals surface area contributed by atoms with Gasteiger partial charge in [-0.25, -0.2) is 0 Å². The highest BCUT2D eigenvalue weighted by Crippen LogP contribution is 2.03. The van der Waals surface area contributed by atoms with Gasteiger partial charge in [0.1, 0.15) is 5.76 Å². The maximum atomic E-state index is 5.75. The molecule has 0 amide bonds. The zero-order valence-electron chi connectivity index (χ0n) is 8.73. The number of aliphatic imine (C=N–C) groups is 1. The summed E-state index contributed by atoms with van der Waals surface area (Å²) in [5.41, 5.74) is 5.75. The summed E-state index contributed by atoms with van der Waals surface area (Å²) < 4.78 is 5.21. The lowest BCUT2D eigenvalue weighted by Gasteiger charge is -2.16. The van der Waals surface area contributed by atoms with Gasteiger partial charge in [-0.15, -0.1) is 0 Å². The second-order valence-corrected chi connectivity index (χ2v) is 3.18. The quantitative estimate of drug-likeness (QED) is 0.584. The van der Waals surface area contributed by atoms with Gasteiger partial charge in [0, 0.05) is 13.6 Å². The first-order valence-corrected chi connectivity index (χ1v) is 4.77. The van der Waals surface area contributed by atoms with Crippen LogP contribution in [-0.2, 0) is 6.54 Å². The summed E-state index contributed by atoms with van der Waals surface area (Å²) >= 11 is 0. The van der Waals surface area contributed by atoms with E-state index >= 15 is 0 Å².